The van der Waals surface area contributed by atoms with Crippen LogP contribution in [0.4, 0.5) is 0 Å². The molecule has 0 saturated heterocycles. The van der Waals surface area contributed by atoms with Crippen molar-refractivity contribution in [1.29, 1.82) is 0 Å². The smallest absolute Gasteiger partial charge is 0.203 e. The molecular weight excluding hydrogens is 212 g/mol. The maximum atomic E-state index is 12.1. The monoisotopic (exact) mass is 230 g/mol. The van der Waals surface area contributed by atoms with Gasteiger partial charge in [0, 0.05) is 10.8 Å². The summed E-state index contributed by atoms with van der Waals surface area (Å²) in [7, 11) is 0. The number of fused-ring (bicyclic) bond motifs is 1. The molecule has 0 radical (unpaired) electrons. The predicted octanol–water partition coefficient (Wildman–Crippen LogP) is 4.28. The van der Waals surface area contributed by atoms with Crippen molar-refractivity contribution in [3.63, 3.8) is 0 Å². The van der Waals surface area contributed by atoms with Gasteiger partial charge >= 0.3 is 0 Å². The molecule has 2 aromatic rings. The van der Waals surface area contributed by atoms with E-state index in [4.69, 9.17) is 4.42 Å². The van der Waals surface area contributed by atoms with Crippen LogP contribution in [0.2, 0.25) is 0 Å². The predicted molar refractivity (Wildman–Crippen MR) is 69.5 cm³/mol. The lowest BCUT2D eigenvalue weighted by molar-refractivity contribution is 0.0831. The van der Waals surface area contributed by atoms with Crippen LogP contribution in [0.25, 0.3) is 11.0 Å². The Kier molecular flexibility index (Phi) is 2.61. The normalized spacial score (nSPS) is 12.1. The number of ketones is 1. The van der Waals surface area contributed by atoms with Crippen molar-refractivity contribution in [2.75, 3.05) is 0 Å². The Hall–Kier alpha value is -1.57. The molecule has 0 N–H and O–H groups in total. The Morgan fingerprint density at radius 3 is 2.35 bits per heavy atom. The highest BCUT2D eigenvalue weighted by molar-refractivity contribution is 6.01. The molecule has 2 nitrogen and oxygen atoms in total. The van der Waals surface area contributed by atoms with Crippen LogP contribution in [0.1, 0.15) is 42.5 Å². The molecule has 1 heterocycles. The second kappa shape index (κ2) is 3.73. The van der Waals surface area contributed by atoms with Crippen molar-refractivity contribution in [2.45, 2.75) is 34.6 Å². The molecule has 17 heavy (non-hydrogen) atoms. The summed E-state index contributed by atoms with van der Waals surface area (Å²) in [6, 6.07) is 5.96. The molecular formula is C15H18O2. The van der Waals surface area contributed by atoms with Crippen LogP contribution < -0.4 is 0 Å². The number of Topliss-reactive ketones (excluding diaryl/α,β-unsaturated/α-hetero) is 1. The first-order chi connectivity index (χ1) is 7.79. The highest BCUT2D eigenvalue weighted by Gasteiger charge is 2.26. The fourth-order valence-corrected chi connectivity index (χ4v) is 2.00. The minimum atomic E-state index is -0.406. The lowest BCUT2D eigenvalue weighted by Crippen LogP contribution is -2.19. The van der Waals surface area contributed by atoms with Crippen molar-refractivity contribution in [1.82, 2.24) is 0 Å². The molecule has 1 aromatic carbocycles. The third-order valence-electron chi connectivity index (χ3n) is 2.85. The lowest BCUT2D eigenvalue weighted by Gasteiger charge is -2.13. The molecule has 2 rings (SSSR count). The first-order valence-corrected chi connectivity index (χ1v) is 5.84. The van der Waals surface area contributed by atoms with Crippen molar-refractivity contribution in [3.05, 3.63) is 35.1 Å². The number of carbonyl (C=O) groups is 1. The van der Waals surface area contributed by atoms with Gasteiger partial charge in [0.25, 0.3) is 0 Å². The van der Waals surface area contributed by atoms with E-state index in [2.05, 4.69) is 6.07 Å². The number of carbonyl (C=O) groups excluding carboxylic acids is 1. The minimum Gasteiger partial charge on any atom is -0.453 e. The van der Waals surface area contributed by atoms with E-state index in [1.54, 1.807) is 0 Å². The summed E-state index contributed by atoms with van der Waals surface area (Å²) in [5.74, 6) is 0.506. The van der Waals surface area contributed by atoms with Crippen LogP contribution in [0.5, 0.6) is 0 Å². The van der Waals surface area contributed by atoms with Crippen LogP contribution in [0.15, 0.2) is 22.6 Å². The van der Waals surface area contributed by atoms with Gasteiger partial charge in [-0.1, -0.05) is 32.4 Å². The largest absolute Gasteiger partial charge is 0.453 e. The third-order valence-corrected chi connectivity index (χ3v) is 2.85. The SMILES string of the molecule is Cc1cc(C)c2oc(C(=O)C(C)(C)C)cc2c1. The van der Waals surface area contributed by atoms with Gasteiger partial charge in [-0.25, -0.2) is 0 Å². The van der Waals surface area contributed by atoms with E-state index in [-0.39, 0.29) is 5.78 Å². The molecule has 0 saturated carbocycles. The van der Waals surface area contributed by atoms with Gasteiger partial charge in [-0.2, -0.15) is 0 Å². The number of hydrogen-bond donors (Lipinski definition) is 0. The third kappa shape index (κ3) is 2.12. The molecule has 0 atom stereocenters. The summed E-state index contributed by atoms with van der Waals surface area (Å²) in [6.07, 6.45) is 0. The molecule has 0 aliphatic heterocycles. The van der Waals surface area contributed by atoms with Crippen LogP contribution in [-0.2, 0) is 0 Å². The summed E-state index contributed by atoms with van der Waals surface area (Å²) in [6.45, 7) is 9.76. The number of rotatable bonds is 1. The van der Waals surface area contributed by atoms with Crippen molar-refractivity contribution in [2.24, 2.45) is 5.41 Å². The maximum Gasteiger partial charge on any atom is 0.203 e. The summed E-state index contributed by atoms with van der Waals surface area (Å²) in [5.41, 5.74) is 2.68. The highest BCUT2D eigenvalue weighted by Crippen LogP contribution is 2.28. The van der Waals surface area contributed by atoms with E-state index in [0.717, 1.165) is 16.5 Å². The van der Waals surface area contributed by atoms with Crippen LogP contribution in [0, 0.1) is 19.3 Å². The zero-order valence-corrected chi connectivity index (χ0v) is 11.0. The average molecular weight is 230 g/mol. The first kappa shape index (κ1) is 11.9. The van der Waals surface area contributed by atoms with Gasteiger partial charge in [0.1, 0.15) is 5.58 Å². The zero-order chi connectivity index (χ0) is 12.8. The van der Waals surface area contributed by atoms with Gasteiger partial charge in [0.05, 0.1) is 0 Å². The van der Waals surface area contributed by atoms with E-state index in [1.165, 1.54) is 5.56 Å². The Balaban J connectivity index is 2.60. The summed E-state index contributed by atoms with van der Waals surface area (Å²) in [5, 5.41) is 1.01. The maximum absolute atomic E-state index is 12.1. The van der Waals surface area contributed by atoms with Crippen LogP contribution in [0.3, 0.4) is 0 Å². The zero-order valence-electron chi connectivity index (χ0n) is 11.0. The van der Waals surface area contributed by atoms with Crippen LogP contribution >= 0.6 is 0 Å². The summed E-state index contributed by atoms with van der Waals surface area (Å²) in [4.78, 5) is 12.1. The molecule has 0 spiro atoms. The number of aryl methyl sites for hydroxylation is 2. The van der Waals surface area contributed by atoms with Crippen molar-refractivity contribution in [3.8, 4) is 0 Å². The Bertz CT molecular complexity index is 583. The fraction of sp³-hybridized carbons (Fsp3) is 0.400. The Morgan fingerprint density at radius 1 is 1.12 bits per heavy atom. The van der Waals surface area contributed by atoms with Crippen molar-refractivity contribution >= 4 is 16.8 Å². The van der Waals surface area contributed by atoms with Gasteiger partial charge in [0.15, 0.2) is 5.76 Å². The minimum absolute atomic E-state index is 0.0470. The number of benzene rings is 1. The first-order valence-electron chi connectivity index (χ1n) is 5.84. The highest BCUT2D eigenvalue weighted by atomic mass is 16.3. The molecule has 90 valence electrons. The second-order valence-electron chi connectivity index (χ2n) is 5.69. The van der Waals surface area contributed by atoms with Crippen molar-refractivity contribution < 1.29 is 9.21 Å². The topological polar surface area (TPSA) is 30.2 Å². The van der Waals surface area contributed by atoms with E-state index in [0.29, 0.717) is 5.76 Å². The van der Waals surface area contributed by atoms with Gasteiger partial charge in [-0.05, 0) is 31.5 Å². The molecule has 2 heteroatoms. The number of hydrogen-bond acceptors (Lipinski definition) is 2. The van der Waals surface area contributed by atoms with E-state index < -0.39 is 5.41 Å². The fourth-order valence-electron chi connectivity index (χ4n) is 2.00. The Morgan fingerprint density at radius 2 is 1.76 bits per heavy atom. The number of furan rings is 1. The van der Waals surface area contributed by atoms with Crippen LogP contribution in [-0.4, -0.2) is 5.78 Å². The molecule has 1 aromatic heterocycles. The lowest BCUT2D eigenvalue weighted by atomic mass is 9.89. The molecule has 0 bridgehead atoms. The van der Waals surface area contributed by atoms with Gasteiger partial charge in [0.2, 0.25) is 5.78 Å². The van der Waals surface area contributed by atoms with E-state index in [1.807, 2.05) is 46.8 Å². The van der Waals surface area contributed by atoms with E-state index >= 15 is 0 Å². The Labute approximate surface area is 102 Å². The van der Waals surface area contributed by atoms with Gasteiger partial charge in [-0.15, -0.1) is 0 Å². The standard InChI is InChI=1S/C15H18O2/c1-9-6-10(2)13-11(7-9)8-12(17-13)14(16)15(3,4)5/h6-8H,1-5H3. The second-order valence-corrected chi connectivity index (χ2v) is 5.69. The molecule has 0 aliphatic carbocycles. The summed E-state index contributed by atoms with van der Waals surface area (Å²) < 4.78 is 5.69. The van der Waals surface area contributed by atoms with Gasteiger partial charge < -0.3 is 4.42 Å². The molecule has 0 amide bonds. The molecule has 0 fully saturated rings. The summed E-state index contributed by atoms with van der Waals surface area (Å²) >= 11 is 0. The molecule has 0 aliphatic rings. The quantitative estimate of drug-likeness (QED) is 0.684. The van der Waals surface area contributed by atoms with E-state index in [9.17, 15) is 4.79 Å². The van der Waals surface area contributed by atoms with Gasteiger partial charge in [-0.3, -0.25) is 4.79 Å². The average Bonchev–Trinajstić information content (AvgIpc) is 2.58. The molecule has 0 unspecified atom stereocenters.